The number of nitro groups is 1. The van der Waals surface area contributed by atoms with Crippen LogP contribution in [0.5, 0.6) is 5.75 Å². The second-order valence-electron chi connectivity index (χ2n) is 17.2. The van der Waals surface area contributed by atoms with Crippen molar-refractivity contribution >= 4 is 35.2 Å². The Morgan fingerprint density at radius 1 is 0.967 bits per heavy atom. The molecule has 0 saturated carbocycles. The first-order valence-electron chi connectivity index (χ1n) is 21.6. The highest BCUT2D eigenvalue weighted by Gasteiger charge is 2.44. The Kier molecular flexibility index (Phi) is 19.8. The van der Waals surface area contributed by atoms with E-state index in [1.165, 1.54) is 37.5 Å². The lowest BCUT2D eigenvalue weighted by atomic mass is 9.89. The van der Waals surface area contributed by atoms with Crippen LogP contribution < -0.4 is 16.0 Å². The monoisotopic (exact) mass is 862 g/mol. The van der Waals surface area contributed by atoms with Crippen LogP contribution in [-0.2, 0) is 44.7 Å². The molecule has 5 amide bonds. The molecular weight excluding hydrogens is 791 g/mol. The minimum atomic E-state index is -1.17. The zero-order chi connectivity index (χ0) is 45.7. The first-order valence-corrected chi connectivity index (χ1v) is 21.6. The molecule has 2 aliphatic heterocycles. The Bertz CT molecular complexity index is 1660. The molecule has 1 aromatic rings. The molecule has 18 heteroatoms. The van der Waals surface area contributed by atoms with Gasteiger partial charge in [0.1, 0.15) is 12.1 Å². The van der Waals surface area contributed by atoms with E-state index >= 15 is 0 Å². The topological polar surface area (TPSA) is 222 Å². The number of likely N-dealkylation sites (tertiary alicyclic amines) is 1. The van der Waals surface area contributed by atoms with Crippen LogP contribution in [-0.4, -0.2) is 145 Å². The number of carbonyl (C=O) groups is 5. The molecule has 0 aromatic heterocycles. The van der Waals surface area contributed by atoms with Crippen LogP contribution in [0.1, 0.15) is 92.6 Å². The van der Waals surface area contributed by atoms with E-state index in [1.807, 2.05) is 41.5 Å². The van der Waals surface area contributed by atoms with Gasteiger partial charge in [-0.15, -0.1) is 0 Å². The lowest BCUT2D eigenvalue weighted by Gasteiger charge is -2.41. The number of carbonyl (C=O) groups excluding carboxylic acids is 5. The van der Waals surface area contributed by atoms with E-state index in [-0.39, 0.29) is 48.3 Å². The standard InChI is InChI=1S/C43H71N7O11/c1-12-27(6)38(47(9)43(56)37(26(4)5)46-41(54)36(44-8)25(2)3)34(59-10)24-35(52)48-19-15-16-31(48)39(60-11)28(7)40(53)45-30(42(55)49-20-13-14-21-61-49)22-29-17-18-33(51)32(23-29)50(57)58/h17-18,23,25-28,30-31,34,36-39,44,51H,12-16,19-22,24H2,1-11H3,(H,45,53)(H,46,54)/t27?,28?,30-,31-,34+,36?,37-,38-,39+/m0/s1. The molecule has 3 unspecified atom stereocenters. The van der Waals surface area contributed by atoms with Crippen LogP contribution >= 0.6 is 0 Å². The molecule has 2 fully saturated rings. The Morgan fingerprint density at radius 2 is 1.64 bits per heavy atom. The van der Waals surface area contributed by atoms with Gasteiger partial charge in [-0.1, -0.05) is 61.0 Å². The fourth-order valence-corrected chi connectivity index (χ4v) is 8.57. The van der Waals surface area contributed by atoms with Crippen molar-refractivity contribution < 1.29 is 48.3 Å². The van der Waals surface area contributed by atoms with Gasteiger partial charge in [0.2, 0.25) is 23.6 Å². The molecule has 0 aliphatic carbocycles. The predicted molar refractivity (Wildman–Crippen MR) is 228 cm³/mol. The van der Waals surface area contributed by atoms with Gasteiger partial charge in [0.15, 0.2) is 5.75 Å². The molecule has 2 aliphatic rings. The summed E-state index contributed by atoms with van der Waals surface area (Å²) in [5.41, 5.74) is -0.182. The summed E-state index contributed by atoms with van der Waals surface area (Å²) in [6.07, 6.45) is 1.70. The summed E-state index contributed by atoms with van der Waals surface area (Å²) < 4.78 is 12.0. The average molecular weight is 862 g/mol. The first kappa shape index (κ1) is 51.0. The maximum Gasteiger partial charge on any atom is 0.310 e. The summed E-state index contributed by atoms with van der Waals surface area (Å²) in [7, 11) is 6.38. The largest absolute Gasteiger partial charge is 0.502 e. The molecule has 1 aromatic carbocycles. The van der Waals surface area contributed by atoms with Gasteiger partial charge in [0.05, 0.1) is 54.2 Å². The lowest BCUT2D eigenvalue weighted by molar-refractivity contribution is -0.385. The smallest absolute Gasteiger partial charge is 0.310 e. The SMILES string of the molecule is CCC(C)[C@@H]([C@@H](CC(=O)N1CCC[C@H]1[C@H](OC)C(C)C(=O)N[C@@H](Cc1ccc(O)c([N+](=O)[O-])c1)C(=O)N1CCCCO1)OC)N(C)C(=O)[C@@H](NC(=O)C(NC)C(C)C)C(C)C. The van der Waals surface area contributed by atoms with Gasteiger partial charge in [-0.3, -0.25) is 38.9 Å². The number of phenolic OH excluding ortho intramolecular Hbond substituents is 1. The van der Waals surface area contributed by atoms with Crippen molar-refractivity contribution in [1.82, 2.24) is 30.8 Å². The number of methoxy groups -OCH3 is 2. The number of hydrogen-bond donors (Lipinski definition) is 4. The van der Waals surface area contributed by atoms with Crippen molar-refractivity contribution in [3.8, 4) is 5.75 Å². The second-order valence-corrected chi connectivity index (χ2v) is 17.2. The van der Waals surface area contributed by atoms with Crippen LogP contribution in [0.4, 0.5) is 5.69 Å². The van der Waals surface area contributed by atoms with Gasteiger partial charge in [-0.05, 0) is 62.1 Å². The second kappa shape index (κ2) is 23.7. The lowest BCUT2D eigenvalue weighted by Crippen LogP contribution is -2.59. The van der Waals surface area contributed by atoms with Crippen molar-refractivity contribution in [2.45, 2.75) is 136 Å². The summed E-state index contributed by atoms with van der Waals surface area (Å²) in [4.78, 5) is 89.4. The number of rotatable bonds is 22. The number of nitro benzene ring substituents is 1. The highest BCUT2D eigenvalue weighted by atomic mass is 16.7. The Morgan fingerprint density at radius 3 is 2.18 bits per heavy atom. The fraction of sp³-hybridized carbons (Fsp3) is 0.744. The molecule has 3 rings (SSSR count). The van der Waals surface area contributed by atoms with E-state index in [1.54, 1.807) is 30.8 Å². The number of nitrogens with zero attached hydrogens (tertiary/aromatic N) is 4. The molecule has 0 radical (unpaired) electrons. The molecule has 2 saturated heterocycles. The van der Waals surface area contributed by atoms with Crippen LogP contribution in [0.15, 0.2) is 18.2 Å². The number of amides is 5. The molecule has 9 atom stereocenters. The van der Waals surface area contributed by atoms with E-state index in [4.69, 9.17) is 14.3 Å². The van der Waals surface area contributed by atoms with Gasteiger partial charge >= 0.3 is 5.69 Å². The van der Waals surface area contributed by atoms with Crippen LogP contribution in [0.25, 0.3) is 0 Å². The predicted octanol–water partition coefficient (Wildman–Crippen LogP) is 3.19. The molecule has 0 spiro atoms. The number of hydroxylamine groups is 2. The van der Waals surface area contributed by atoms with E-state index in [0.29, 0.717) is 50.9 Å². The molecule has 4 N–H and O–H groups in total. The number of nitrogens with one attached hydrogen (secondary N) is 3. The molecule has 61 heavy (non-hydrogen) atoms. The van der Waals surface area contributed by atoms with Crippen molar-refractivity contribution in [3.63, 3.8) is 0 Å². The van der Waals surface area contributed by atoms with Crippen LogP contribution in [0.2, 0.25) is 0 Å². The third-order valence-corrected chi connectivity index (χ3v) is 12.3. The number of hydrogen-bond acceptors (Lipinski definition) is 12. The van der Waals surface area contributed by atoms with Crippen molar-refractivity contribution in [2.75, 3.05) is 48.0 Å². The van der Waals surface area contributed by atoms with Gasteiger partial charge < -0.3 is 40.3 Å². The third-order valence-electron chi connectivity index (χ3n) is 12.3. The van der Waals surface area contributed by atoms with E-state index in [2.05, 4.69) is 16.0 Å². The maximum atomic E-state index is 14.3. The minimum absolute atomic E-state index is 0.00255. The van der Waals surface area contributed by atoms with Gasteiger partial charge in [0, 0.05) is 46.8 Å². The quantitative estimate of drug-likeness (QED) is 0.0976. The molecule has 2 heterocycles. The highest BCUT2D eigenvalue weighted by molar-refractivity contribution is 5.90. The normalized spacial score (nSPS) is 19.7. The van der Waals surface area contributed by atoms with E-state index < -0.39 is 76.5 Å². The van der Waals surface area contributed by atoms with Gasteiger partial charge in [-0.2, -0.15) is 0 Å². The first-order chi connectivity index (χ1) is 28.8. The van der Waals surface area contributed by atoms with Gasteiger partial charge in [0.25, 0.3) is 5.91 Å². The molecule has 18 nitrogen and oxygen atoms in total. The molecule has 344 valence electrons. The molecule has 0 bridgehead atoms. The van der Waals surface area contributed by atoms with E-state index in [0.717, 1.165) is 6.42 Å². The fourth-order valence-electron chi connectivity index (χ4n) is 8.57. The Labute approximate surface area is 360 Å². The number of likely N-dealkylation sites (N-methyl/N-ethyl adjacent to an activating group) is 2. The molecular formula is C43H71N7O11. The van der Waals surface area contributed by atoms with Crippen LogP contribution in [0.3, 0.4) is 0 Å². The summed E-state index contributed by atoms with van der Waals surface area (Å²) in [5, 5.41) is 31.6. The maximum absolute atomic E-state index is 14.3. The van der Waals surface area contributed by atoms with Crippen molar-refractivity contribution in [3.05, 3.63) is 33.9 Å². The number of aromatic hydroxyl groups is 1. The summed E-state index contributed by atoms with van der Waals surface area (Å²) in [6.45, 7) is 14.3. The zero-order valence-electron chi connectivity index (χ0n) is 38.0. The van der Waals surface area contributed by atoms with E-state index in [9.17, 15) is 39.2 Å². The summed E-state index contributed by atoms with van der Waals surface area (Å²) in [5.74, 6) is -3.52. The average Bonchev–Trinajstić information content (AvgIpc) is 3.72. The Balaban J connectivity index is 1.83. The zero-order valence-corrected chi connectivity index (χ0v) is 38.0. The van der Waals surface area contributed by atoms with Crippen molar-refractivity contribution in [1.29, 1.82) is 0 Å². The third kappa shape index (κ3) is 13.1. The Hall–Kier alpha value is -4.39. The van der Waals surface area contributed by atoms with Crippen LogP contribution in [0, 0.1) is 33.8 Å². The summed E-state index contributed by atoms with van der Waals surface area (Å²) in [6, 6.07) is 0.311. The van der Waals surface area contributed by atoms with Crippen molar-refractivity contribution in [2.24, 2.45) is 23.7 Å². The summed E-state index contributed by atoms with van der Waals surface area (Å²) >= 11 is 0. The minimum Gasteiger partial charge on any atom is -0.502 e. The number of phenols is 1. The number of ether oxygens (including phenoxy) is 2. The highest BCUT2D eigenvalue weighted by Crippen LogP contribution is 2.31. The van der Waals surface area contributed by atoms with Gasteiger partial charge in [-0.25, -0.2) is 5.06 Å². The number of benzene rings is 1.